The Balaban J connectivity index is 1.70. The molecule has 0 aromatic heterocycles. The molecule has 0 aliphatic heterocycles. The third-order valence-electron chi connectivity index (χ3n) is 4.72. The van der Waals surface area contributed by atoms with Gasteiger partial charge in [-0.05, 0) is 61.9 Å². The van der Waals surface area contributed by atoms with Crippen molar-refractivity contribution in [2.45, 2.75) is 18.7 Å². The fourth-order valence-electron chi connectivity index (χ4n) is 3.13. The van der Waals surface area contributed by atoms with Crippen LogP contribution in [-0.4, -0.2) is 32.4 Å². The third-order valence-corrected chi connectivity index (χ3v) is 6.24. The van der Waals surface area contributed by atoms with E-state index in [1.165, 1.54) is 24.3 Å². The highest BCUT2D eigenvalue weighted by molar-refractivity contribution is 7.92. The van der Waals surface area contributed by atoms with Crippen LogP contribution < -0.4 is 20.1 Å². The van der Waals surface area contributed by atoms with Crippen molar-refractivity contribution in [3.05, 3.63) is 82.4 Å². The van der Waals surface area contributed by atoms with Crippen LogP contribution in [0.1, 0.15) is 12.5 Å². The van der Waals surface area contributed by atoms with Crippen LogP contribution in [0.15, 0.2) is 71.6 Å². The fraction of sp³-hybridized carbons (Fsp3) is 0.174. The second-order valence-corrected chi connectivity index (χ2v) is 8.87. The van der Waals surface area contributed by atoms with Crippen molar-refractivity contribution < 1.29 is 22.9 Å². The number of nitro benzene ring substituents is 1. The predicted molar refractivity (Wildman–Crippen MR) is 130 cm³/mol. The second kappa shape index (κ2) is 10.7. The average Bonchev–Trinajstić information content (AvgIpc) is 2.80. The lowest BCUT2D eigenvalue weighted by molar-refractivity contribution is -0.383. The smallest absolute Gasteiger partial charge is 0.292 e. The Bertz CT molecular complexity index is 1290. The Hall–Kier alpha value is -4.12. The molecule has 3 aromatic rings. The maximum Gasteiger partial charge on any atom is 0.292 e. The van der Waals surface area contributed by atoms with Crippen LogP contribution in [0.4, 0.5) is 22.7 Å². The molecule has 3 N–H and O–H groups in total. The number of carbonyl (C=O) groups excluding carboxylic acids is 1. The summed E-state index contributed by atoms with van der Waals surface area (Å²) in [6.45, 7) is 3.76. The molecule has 3 rings (SSSR count). The topological polar surface area (TPSA) is 140 Å². The van der Waals surface area contributed by atoms with E-state index in [-0.39, 0.29) is 28.5 Å². The number of hydrogen-bond acceptors (Lipinski definition) is 7. The molecule has 0 bridgehead atoms. The Morgan fingerprint density at radius 2 is 1.71 bits per heavy atom. The average molecular weight is 485 g/mol. The number of amides is 1. The maximum atomic E-state index is 13.0. The first-order valence-electron chi connectivity index (χ1n) is 10.3. The van der Waals surface area contributed by atoms with Crippen molar-refractivity contribution in [2.75, 3.05) is 28.5 Å². The van der Waals surface area contributed by atoms with E-state index in [0.29, 0.717) is 23.6 Å². The van der Waals surface area contributed by atoms with Crippen LogP contribution in [0.5, 0.6) is 5.75 Å². The molecule has 34 heavy (non-hydrogen) atoms. The first kappa shape index (κ1) is 24.5. The molecular weight excluding hydrogens is 460 g/mol. The van der Waals surface area contributed by atoms with Gasteiger partial charge in [0.2, 0.25) is 5.91 Å². The van der Waals surface area contributed by atoms with E-state index in [4.69, 9.17) is 4.74 Å². The summed E-state index contributed by atoms with van der Waals surface area (Å²) in [5.74, 6) is 0.130. The minimum atomic E-state index is -3.93. The molecule has 0 fully saturated rings. The van der Waals surface area contributed by atoms with Crippen LogP contribution in [0, 0.1) is 17.0 Å². The van der Waals surface area contributed by atoms with E-state index in [1.807, 2.05) is 6.92 Å². The first-order chi connectivity index (χ1) is 16.2. The van der Waals surface area contributed by atoms with E-state index in [0.717, 1.165) is 0 Å². The molecule has 0 spiro atoms. The predicted octanol–water partition coefficient (Wildman–Crippen LogP) is 4.15. The van der Waals surface area contributed by atoms with Gasteiger partial charge in [-0.25, -0.2) is 8.42 Å². The van der Waals surface area contributed by atoms with Crippen LogP contribution in [0.3, 0.4) is 0 Å². The number of aryl methyl sites for hydroxylation is 1. The lowest BCUT2D eigenvalue weighted by atomic mass is 10.2. The van der Waals surface area contributed by atoms with E-state index in [1.54, 1.807) is 49.4 Å². The lowest BCUT2D eigenvalue weighted by Gasteiger charge is -2.13. The number of carbonyl (C=O) groups is 1. The Kier molecular flexibility index (Phi) is 7.69. The summed E-state index contributed by atoms with van der Waals surface area (Å²) < 4.78 is 33.8. The molecule has 0 aliphatic carbocycles. The third kappa shape index (κ3) is 6.23. The maximum absolute atomic E-state index is 13.0. The lowest BCUT2D eigenvalue weighted by Crippen LogP contribution is -2.22. The van der Waals surface area contributed by atoms with Crippen molar-refractivity contribution in [3.63, 3.8) is 0 Å². The van der Waals surface area contributed by atoms with Gasteiger partial charge in [0.1, 0.15) is 11.4 Å². The number of nitrogens with zero attached hydrogens (tertiary/aromatic N) is 1. The van der Waals surface area contributed by atoms with Gasteiger partial charge in [0, 0.05) is 17.4 Å². The minimum absolute atomic E-state index is 0.00541. The Morgan fingerprint density at radius 1 is 1.03 bits per heavy atom. The molecular formula is C23H24N4O6S. The van der Waals surface area contributed by atoms with Gasteiger partial charge in [0.05, 0.1) is 23.0 Å². The van der Waals surface area contributed by atoms with E-state index in [2.05, 4.69) is 15.4 Å². The monoisotopic (exact) mass is 484 g/mol. The summed E-state index contributed by atoms with van der Waals surface area (Å²) in [7, 11) is -3.93. The van der Waals surface area contributed by atoms with Gasteiger partial charge in [-0.3, -0.25) is 19.6 Å². The van der Waals surface area contributed by atoms with E-state index < -0.39 is 20.9 Å². The zero-order valence-corrected chi connectivity index (χ0v) is 19.4. The van der Waals surface area contributed by atoms with Gasteiger partial charge in [-0.1, -0.05) is 18.2 Å². The van der Waals surface area contributed by atoms with Crippen LogP contribution in [0.25, 0.3) is 0 Å². The number of rotatable bonds is 10. The van der Waals surface area contributed by atoms with Gasteiger partial charge >= 0.3 is 0 Å². The van der Waals surface area contributed by atoms with Crippen molar-refractivity contribution in [3.8, 4) is 5.75 Å². The molecule has 0 heterocycles. The number of anilines is 3. The highest BCUT2D eigenvalue weighted by atomic mass is 32.2. The molecule has 10 nitrogen and oxygen atoms in total. The summed E-state index contributed by atoms with van der Waals surface area (Å²) in [6.07, 6.45) is 0. The molecule has 0 saturated heterocycles. The molecule has 0 unspecified atom stereocenters. The molecule has 178 valence electrons. The van der Waals surface area contributed by atoms with E-state index >= 15 is 0 Å². The van der Waals surface area contributed by atoms with Crippen molar-refractivity contribution in [1.82, 2.24) is 0 Å². The second-order valence-electron chi connectivity index (χ2n) is 7.22. The highest BCUT2D eigenvalue weighted by Crippen LogP contribution is 2.25. The number of hydrogen-bond donors (Lipinski definition) is 3. The number of sulfonamides is 1. The summed E-state index contributed by atoms with van der Waals surface area (Å²) in [6, 6.07) is 17.0. The molecule has 0 radical (unpaired) electrons. The number of nitrogens with one attached hydrogen (secondary N) is 3. The van der Waals surface area contributed by atoms with E-state index in [9.17, 15) is 23.3 Å². The number of para-hydroxylation sites is 2. The van der Waals surface area contributed by atoms with Crippen molar-refractivity contribution in [1.29, 1.82) is 0 Å². The highest BCUT2D eigenvalue weighted by Gasteiger charge is 2.19. The van der Waals surface area contributed by atoms with Gasteiger partial charge in [-0.15, -0.1) is 0 Å². The molecule has 0 atom stereocenters. The van der Waals surface area contributed by atoms with Gasteiger partial charge in [0.25, 0.3) is 15.7 Å². The molecule has 1 amide bonds. The standard InChI is InChI=1S/C23H24N4O6S/c1-3-33-19-12-10-17(11-13-19)26-34(31,32)22-14-18(9-8-16(22)2)25-23(28)15-24-20-6-4-5-7-21(20)27(29)30/h4-14,24,26H,3,15H2,1-2H3,(H,25,28). The van der Waals surface area contributed by atoms with Gasteiger partial charge < -0.3 is 15.4 Å². The number of ether oxygens (including phenoxy) is 1. The normalized spacial score (nSPS) is 10.9. The van der Waals surface area contributed by atoms with Crippen molar-refractivity contribution >= 4 is 38.7 Å². The molecule has 0 saturated carbocycles. The Morgan fingerprint density at radius 3 is 2.38 bits per heavy atom. The minimum Gasteiger partial charge on any atom is -0.494 e. The van der Waals surface area contributed by atoms with Crippen LogP contribution in [0.2, 0.25) is 0 Å². The zero-order valence-electron chi connectivity index (χ0n) is 18.6. The molecule has 0 aliphatic rings. The fourth-order valence-corrected chi connectivity index (χ4v) is 4.46. The van der Waals surface area contributed by atoms with Crippen molar-refractivity contribution in [2.24, 2.45) is 0 Å². The summed E-state index contributed by atoms with van der Waals surface area (Å²) in [4.78, 5) is 22.9. The number of nitro groups is 1. The number of benzene rings is 3. The SMILES string of the molecule is CCOc1ccc(NS(=O)(=O)c2cc(NC(=O)CNc3ccccc3[N+](=O)[O-])ccc2C)cc1. The van der Waals surface area contributed by atoms with Gasteiger partial charge in [0.15, 0.2) is 0 Å². The Labute approximate surface area is 197 Å². The summed E-state index contributed by atoms with van der Waals surface area (Å²) in [5, 5.41) is 16.4. The van der Waals surface area contributed by atoms with Gasteiger partial charge in [-0.2, -0.15) is 0 Å². The molecule has 11 heteroatoms. The quantitative estimate of drug-likeness (QED) is 0.290. The summed E-state index contributed by atoms with van der Waals surface area (Å²) >= 11 is 0. The first-order valence-corrected chi connectivity index (χ1v) is 11.8. The zero-order chi connectivity index (χ0) is 24.7. The summed E-state index contributed by atoms with van der Waals surface area (Å²) in [5.41, 5.74) is 1.18. The van der Waals surface area contributed by atoms with Crippen LogP contribution in [-0.2, 0) is 14.8 Å². The van der Waals surface area contributed by atoms with Crippen LogP contribution >= 0.6 is 0 Å². The molecule has 3 aromatic carbocycles. The largest absolute Gasteiger partial charge is 0.494 e.